The van der Waals surface area contributed by atoms with Gasteiger partial charge in [0, 0.05) is 36.0 Å². The average Bonchev–Trinajstić information content (AvgIpc) is 3.53. The van der Waals surface area contributed by atoms with Gasteiger partial charge in [0.15, 0.2) is 0 Å². The first kappa shape index (κ1) is 24.5. The van der Waals surface area contributed by atoms with E-state index < -0.39 is 0 Å². The third-order valence-corrected chi connectivity index (χ3v) is 7.18. The number of Topliss-reactive ketones (excluding diaryl/α,β-unsaturated/α-hetero) is 1. The van der Waals surface area contributed by atoms with E-state index in [1.165, 1.54) is 25.9 Å². The van der Waals surface area contributed by atoms with Crippen LogP contribution < -0.4 is 9.47 Å². The van der Waals surface area contributed by atoms with Crippen molar-refractivity contribution in [3.63, 3.8) is 0 Å². The van der Waals surface area contributed by atoms with E-state index in [0.717, 1.165) is 36.8 Å². The highest BCUT2D eigenvalue weighted by atomic mass is 35.5. The Kier molecular flexibility index (Phi) is 7.69. The van der Waals surface area contributed by atoms with Gasteiger partial charge in [-0.3, -0.25) is 9.78 Å². The normalized spacial score (nSPS) is 15.7. The molecule has 0 N–H and O–H groups in total. The van der Waals surface area contributed by atoms with Crippen LogP contribution in [0.25, 0.3) is 15.7 Å². The monoisotopic (exact) mass is 503 g/mol. The molecule has 5 rings (SSSR count). The molecule has 1 saturated heterocycles. The van der Waals surface area contributed by atoms with Crippen LogP contribution in [0.1, 0.15) is 44.1 Å². The van der Waals surface area contributed by atoms with Crippen molar-refractivity contribution in [2.45, 2.75) is 44.9 Å². The Bertz CT molecular complexity index is 1290. The van der Waals surface area contributed by atoms with Gasteiger partial charge >= 0.3 is 0 Å². The van der Waals surface area contributed by atoms with Crippen molar-refractivity contribution in [2.24, 2.45) is 5.92 Å². The van der Waals surface area contributed by atoms with Crippen molar-refractivity contribution >= 4 is 34.0 Å². The number of pyridine rings is 1. The second-order valence-electron chi connectivity index (χ2n) is 9.73. The van der Waals surface area contributed by atoms with Crippen LogP contribution in [0.3, 0.4) is 0 Å². The number of benzene rings is 2. The summed E-state index contributed by atoms with van der Waals surface area (Å²) in [5.41, 5.74) is 1.95. The van der Waals surface area contributed by atoms with Crippen LogP contribution >= 0.6 is 11.6 Å². The number of hydrogen-bond donors (Lipinski definition) is 0. The molecule has 6 nitrogen and oxygen atoms in total. The Morgan fingerprint density at radius 3 is 2.72 bits per heavy atom. The number of fused-ring (bicyclic) bond motifs is 1. The maximum absolute atomic E-state index is 12.2. The number of halogens is 1. The first-order valence-corrected chi connectivity index (χ1v) is 13.1. The lowest BCUT2D eigenvalue weighted by molar-refractivity contribution is -0.118. The second-order valence-corrected chi connectivity index (χ2v) is 10.1. The molecule has 36 heavy (non-hydrogen) atoms. The first-order chi connectivity index (χ1) is 17.6. The molecule has 2 heterocycles. The van der Waals surface area contributed by atoms with Gasteiger partial charge in [-0.1, -0.05) is 17.7 Å². The van der Waals surface area contributed by atoms with Crippen LogP contribution in [-0.4, -0.2) is 41.9 Å². The van der Waals surface area contributed by atoms with Crippen molar-refractivity contribution in [2.75, 3.05) is 26.2 Å². The minimum atomic E-state index is 0.230. The lowest BCUT2D eigenvalue weighted by Gasteiger charge is -2.15. The summed E-state index contributed by atoms with van der Waals surface area (Å²) in [6, 6.07) is 10.8. The van der Waals surface area contributed by atoms with Crippen LogP contribution in [0.2, 0.25) is 5.02 Å². The zero-order chi connectivity index (χ0) is 24.9. The minimum absolute atomic E-state index is 0.230. The largest absolute Gasteiger partial charge is 0.504 e. The molecule has 3 aromatic rings. The molecule has 1 aliphatic heterocycles. The number of rotatable bonds is 11. The van der Waals surface area contributed by atoms with Gasteiger partial charge in [0.1, 0.15) is 23.0 Å². The minimum Gasteiger partial charge on any atom is -0.504 e. The molecule has 0 spiro atoms. The first-order valence-electron chi connectivity index (χ1n) is 12.7. The van der Waals surface area contributed by atoms with Gasteiger partial charge in [-0.05, 0) is 87.0 Å². The number of aromatic nitrogens is 1. The summed E-state index contributed by atoms with van der Waals surface area (Å²) in [7, 11) is 0. The number of likely N-dealkylation sites (tertiary alicyclic amines) is 1. The number of carbonyl (C=O) groups excluding carboxylic acids is 1. The van der Waals surface area contributed by atoms with Gasteiger partial charge in [-0.2, -0.15) is 0 Å². The maximum atomic E-state index is 12.2. The fourth-order valence-electron chi connectivity index (χ4n) is 4.70. The van der Waals surface area contributed by atoms with E-state index in [4.69, 9.17) is 27.6 Å². The highest BCUT2D eigenvalue weighted by Gasteiger charge is 2.24. The predicted octanol–water partition coefficient (Wildman–Crippen LogP) is 7.01. The molecule has 0 bridgehead atoms. The molecule has 1 saturated carbocycles. The summed E-state index contributed by atoms with van der Waals surface area (Å²) >= 11 is 6.48. The van der Waals surface area contributed by atoms with Crippen molar-refractivity contribution in [1.29, 1.82) is 0 Å². The molecule has 186 valence electrons. The standard InChI is InChI=1S/C29H30ClN3O3/c1-31-27-18-24-26(19-29(27)35-14-4-13-33-11-2-3-12-33)32-10-9-28(24)36-23-8-7-21(25(30)17-23)16-22(34)15-20-5-6-20/h7-10,17-20H,2-6,11-16H2. The zero-order valence-corrected chi connectivity index (χ0v) is 21.1. The van der Waals surface area contributed by atoms with E-state index in [0.29, 0.717) is 58.8 Å². The summed E-state index contributed by atoms with van der Waals surface area (Å²) in [5.74, 6) is 2.50. The van der Waals surface area contributed by atoms with Gasteiger partial charge < -0.3 is 14.4 Å². The van der Waals surface area contributed by atoms with Gasteiger partial charge in [-0.25, -0.2) is 4.85 Å². The van der Waals surface area contributed by atoms with E-state index >= 15 is 0 Å². The summed E-state index contributed by atoms with van der Waals surface area (Å²) < 4.78 is 12.1. The van der Waals surface area contributed by atoms with Crippen molar-refractivity contribution in [3.05, 3.63) is 64.6 Å². The SMILES string of the molecule is [C-]#[N+]c1cc2c(Oc3ccc(CC(=O)CC4CC4)c(Cl)c3)ccnc2cc1OCCCN1CCCC1. The van der Waals surface area contributed by atoms with E-state index in [-0.39, 0.29) is 5.78 Å². The number of carbonyl (C=O) groups is 1. The predicted molar refractivity (Wildman–Crippen MR) is 141 cm³/mol. The number of ketones is 1. The fourth-order valence-corrected chi connectivity index (χ4v) is 4.93. The molecule has 1 aliphatic carbocycles. The second kappa shape index (κ2) is 11.3. The van der Waals surface area contributed by atoms with Gasteiger partial charge in [-0.15, -0.1) is 0 Å². The smallest absolute Gasteiger partial charge is 0.229 e. The summed E-state index contributed by atoms with van der Waals surface area (Å²) in [5, 5.41) is 1.24. The van der Waals surface area contributed by atoms with Crippen LogP contribution in [0, 0.1) is 12.5 Å². The topological polar surface area (TPSA) is 56.0 Å². The third-order valence-electron chi connectivity index (χ3n) is 6.83. The average molecular weight is 504 g/mol. The van der Waals surface area contributed by atoms with Crippen LogP contribution in [0.5, 0.6) is 17.2 Å². The molecule has 0 unspecified atom stereocenters. The molecular weight excluding hydrogens is 474 g/mol. The maximum Gasteiger partial charge on any atom is 0.229 e. The molecule has 2 fully saturated rings. The lowest BCUT2D eigenvalue weighted by atomic mass is 10.0. The Labute approximate surface area is 217 Å². The molecule has 0 radical (unpaired) electrons. The Morgan fingerprint density at radius 2 is 1.97 bits per heavy atom. The lowest BCUT2D eigenvalue weighted by Crippen LogP contribution is -2.21. The van der Waals surface area contributed by atoms with Gasteiger partial charge in [0.05, 0.1) is 18.7 Å². The summed E-state index contributed by atoms with van der Waals surface area (Å²) in [4.78, 5) is 22.8. The van der Waals surface area contributed by atoms with Crippen LogP contribution in [0.4, 0.5) is 5.69 Å². The highest BCUT2D eigenvalue weighted by molar-refractivity contribution is 6.31. The Morgan fingerprint density at radius 1 is 1.14 bits per heavy atom. The number of hydrogen-bond acceptors (Lipinski definition) is 5. The van der Waals surface area contributed by atoms with E-state index in [1.54, 1.807) is 24.4 Å². The number of ether oxygens (including phenoxy) is 2. The highest BCUT2D eigenvalue weighted by Crippen LogP contribution is 2.38. The van der Waals surface area contributed by atoms with Gasteiger partial charge in [0.25, 0.3) is 0 Å². The zero-order valence-electron chi connectivity index (χ0n) is 20.3. The third kappa shape index (κ3) is 6.16. The van der Waals surface area contributed by atoms with Crippen LogP contribution in [-0.2, 0) is 11.2 Å². The van der Waals surface area contributed by atoms with E-state index in [9.17, 15) is 4.79 Å². The Balaban J connectivity index is 1.28. The quantitative estimate of drug-likeness (QED) is 0.208. The fraction of sp³-hybridized carbons (Fsp3) is 0.414. The van der Waals surface area contributed by atoms with Crippen molar-refractivity contribution in [1.82, 2.24) is 9.88 Å². The Hall–Kier alpha value is -3.14. The molecule has 7 heteroatoms. The van der Waals surface area contributed by atoms with Gasteiger partial charge in [0.2, 0.25) is 5.69 Å². The molecular formula is C29H30ClN3O3. The number of nitrogens with zero attached hydrogens (tertiary/aromatic N) is 3. The van der Waals surface area contributed by atoms with Crippen molar-refractivity contribution < 1.29 is 14.3 Å². The van der Waals surface area contributed by atoms with Crippen LogP contribution in [0.15, 0.2) is 42.6 Å². The molecule has 0 atom stereocenters. The molecule has 2 aromatic carbocycles. The molecule has 2 aliphatic rings. The van der Waals surface area contributed by atoms with E-state index in [2.05, 4.69) is 14.7 Å². The van der Waals surface area contributed by atoms with E-state index in [1.807, 2.05) is 18.2 Å². The molecule has 1 aromatic heterocycles. The summed E-state index contributed by atoms with van der Waals surface area (Å²) in [6.45, 7) is 11.6. The summed E-state index contributed by atoms with van der Waals surface area (Å²) in [6.07, 6.45) is 8.48. The van der Waals surface area contributed by atoms with Crippen molar-refractivity contribution in [3.8, 4) is 17.2 Å². The molecule has 0 amide bonds.